The van der Waals surface area contributed by atoms with Gasteiger partial charge in [0.15, 0.2) is 0 Å². The van der Waals surface area contributed by atoms with Crippen LogP contribution in [0.15, 0.2) is 48.5 Å². The zero-order valence-corrected chi connectivity index (χ0v) is 18.5. The van der Waals surface area contributed by atoms with Gasteiger partial charge in [-0.3, -0.25) is 4.79 Å². The van der Waals surface area contributed by atoms with Crippen LogP contribution in [-0.2, 0) is 11.2 Å². The van der Waals surface area contributed by atoms with E-state index in [1.165, 1.54) is 6.07 Å². The first-order valence-electron chi connectivity index (χ1n) is 11.1. The molecule has 7 heteroatoms. The maximum atomic E-state index is 14.9. The van der Waals surface area contributed by atoms with Crippen LogP contribution in [0.25, 0.3) is 0 Å². The van der Waals surface area contributed by atoms with Crippen LogP contribution in [0.5, 0.6) is 23.0 Å². The quantitative estimate of drug-likeness (QED) is 0.500. The third-order valence-corrected chi connectivity index (χ3v) is 6.28. The highest BCUT2D eigenvalue weighted by atomic mass is 19.1. The minimum absolute atomic E-state index is 0.00565. The van der Waals surface area contributed by atoms with Gasteiger partial charge in [0.2, 0.25) is 0 Å². The van der Waals surface area contributed by atoms with Gasteiger partial charge < -0.3 is 19.3 Å². The third-order valence-electron chi connectivity index (χ3n) is 6.28. The smallest absolute Gasteiger partial charge is 0.304 e. The van der Waals surface area contributed by atoms with Gasteiger partial charge in [0, 0.05) is 28.7 Å². The second kappa shape index (κ2) is 8.71. The van der Waals surface area contributed by atoms with Gasteiger partial charge in [0.25, 0.3) is 0 Å². The average molecular weight is 459 g/mol. The first-order chi connectivity index (χ1) is 16.4. The van der Waals surface area contributed by atoms with Gasteiger partial charge in [-0.15, -0.1) is 0 Å². The Bertz CT molecular complexity index is 1330. The van der Waals surface area contributed by atoms with Crippen molar-refractivity contribution in [3.63, 3.8) is 0 Å². The number of hydrogen-bond donors (Lipinski definition) is 1. The molecular formula is C27H22FNO5. The highest BCUT2D eigenvalue weighted by molar-refractivity contribution is 5.69. The van der Waals surface area contributed by atoms with Gasteiger partial charge in [0.1, 0.15) is 41.0 Å². The minimum atomic E-state index is -0.870. The van der Waals surface area contributed by atoms with E-state index in [0.29, 0.717) is 53.6 Å². The molecule has 2 atom stereocenters. The molecule has 1 aliphatic heterocycles. The summed E-state index contributed by atoms with van der Waals surface area (Å²) in [5.41, 5.74) is 3.40. The van der Waals surface area contributed by atoms with E-state index in [2.05, 4.69) is 6.07 Å². The summed E-state index contributed by atoms with van der Waals surface area (Å²) in [7, 11) is 0. The van der Waals surface area contributed by atoms with Crippen molar-refractivity contribution in [2.24, 2.45) is 0 Å². The first-order valence-corrected chi connectivity index (χ1v) is 11.1. The summed E-state index contributed by atoms with van der Waals surface area (Å²) < 4.78 is 32.7. The fourth-order valence-corrected chi connectivity index (χ4v) is 4.67. The van der Waals surface area contributed by atoms with E-state index in [0.717, 1.165) is 16.7 Å². The standard InChI is InChI=1S/C27H22FNO5/c1-15-2-7-22(16(10-15)13-29)34-23-9-6-21(28)27-20(23)5-8-24(27)33-18-3-4-19-17(11-26(30)31)14-32-25(19)12-18/h2-4,6-7,9-10,12,17,24H,5,8,11,14H2,1H3,(H,30,31)/t17?,24-/m1/s1. The average Bonchev–Trinajstić information content (AvgIpc) is 3.41. The molecule has 1 unspecified atom stereocenters. The van der Waals surface area contributed by atoms with E-state index >= 15 is 0 Å². The number of carbonyl (C=O) groups is 1. The molecule has 0 bridgehead atoms. The lowest BCUT2D eigenvalue weighted by atomic mass is 9.98. The molecular weight excluding hydrogens is 437 g/mol. The molecule has 2 aliphatic rings. The van der Waals surface area contributed by atoms with E-state index in [-0.39, 0.29) is 18.2 Å². The summed E-state index contributed by atoms with van der Waals surface area (Å²) >= 11 is 0. The zero-order valence-electron chi connectivity index (χ0n) is 18.5. The number of nitriles is 1. The van der Waals surface area contributed by atoms with Gasteiger partial charge in [-0.25, -0.2) is 4.39 Å². The van der Waals surface area contributed by atoms with Crippen molar-refractivity contribution in [1.29, 1.82) is 5.26 Å². The summed E-state index contributed by atoms with van der Waals surface area (Å²) in [6.45, 7) is 2.22. The number of carboxylic acid groups (broad SMARTS) is 1. The molecule has 0 spiro atoms. The van der Waals surface area contributed by atoms with Crippen LogP contribution in [0.2, 0.25) is 0 Å². The van der Waals surface area contributed by atoms with E-state index in [4.69, 9.17) is 19.3 Å². The van der Waals surface area contributed by atoms with Crippen molar-refractivity contribution < 1.29 is 28.5 Å². The lowest BCUT2D eigenvalue weighted by molar-refractivity contribution is -0.137. The molecule has 3 aromatic rings. The summed E-state index contributed by atoms with van der Waals surface area (Å²) in [5.74, 6) is 0.644. The highest BCUT2D eigenvalue weighted by Gasteiger charge is 2.32. The van der Waals surface area contributed by atoms with Gasteiger partial charge in [0.05, 0.1) is 18.6 Å². The number of halogens is 1. The molecule has 0 radical (unpaired) electrons. The molecule has 5 rings (SSSR count). The summed E-state index contributed by atoms with van der Waals surface area (Å²) in [5, 5.41) is 18.5. The van der Waals surface area contributed by atoms with Crippen molar-refractivity contribution in [3.05, 3.63) is 82.2 Å². The van der Waals surface area contributed by atoms with Gasteiger partial charge in [-0.2, -0.15) is 5.26 Å². The Balaban J connectivity index is 1.39. The number of aryl methyl sites for hydroxylation is 1. The summed E-state index contributed by atoms with van der Waals surface area (Å²) in [6, 6.07) is 15.8. The monoisotopic (exact) mass is 459 g/mol. The molecule has 1 aliphatic carbocycles. The predicted octanol–water partition coefficient (Wildman–Crippen LogP) is 5.82. The molecule has 0 saturated carbocycles. The molecule has 3 aromatic carbocycles. The van der Waals surface area contributed by atoms with Crippen LogP contribution >= 0.6 is 0 Å². The van der Waals surface area contributed by atoms with Gasteiger partial charge >= 0.3 is 5.97 Å². The van der Waals surface area contributed by atoms with Crippen LogP contribution in [0.3, 0.4) is 0 Å². The Labute approximate surface area is 196 Å². The Morgan fingerprint density at radius 1 is 1.21 bits per heavy atom. The molecule has 0 saturated heterocycles. The second-order valence-electron chi connectivity index (χ2n) is 8.60. The Hall–Kier alpha value is -4.05. The van der Waals surface area contributed by atoms with Crippen LogP contribution in [0.1, 0.15) is 52.7 Å². The Kier molecular flexibility index (Phi) is 5.58. The number of fused-ring (bicyclic) bond motifs is 2. The molecule has 172 valence electrons. The van der Waals surface area contributed by atoms with E-state index in [9.17, 15) is 14.4 Å². The third kappa shape index (κ3) is 4.03. The summed E-state index contributed by atoms with van der Waals surface area (Å²) in [4.78, 5) is 11.1. The fraction of sp³-hybridized carbons (Fsp3) is 0.259. The minimum Gasteiger partial charge on any atom is -0.492 e. The molecule has 34 heavy (non-hydrogen) atoms. The molecule has 0 aromatic heterocycles. The number of hydrogen-bond acceptors (Lipinski definition) is 5. The van der Waals surface area contributed by atoms with Crippen molar-refractivity contribution in [2.45, 2.75) is 38.2 Å². The first kappa shape index (κ1) is 21.8. The second-order valence-corrected chi connectivity index (χ2v) is 8.60. The van der Waals surface area contributed by atoms with Crippen molar-refractivity contribution in [3.8, 4) is 29.1 Å². The van der Waals surface area contributed by atoms with Crippen LogP contribution in [-0.4, -0.2) is 17.7 Å². The maximum Gasteiger partial charge on any atom is 0.304 e. The molecule has 1 N–H and O–H groups in total. The highest BCUT2D eigenvalue weighted by Crippen LogP contribution is 2.44. The Morgan fingerprint density at radius 2 is 2.03 bits per heavy atom. The SMILES string of the molecule is Cc1ccc(Oc2ccc(F)c3c2CC[C@H]3Oc2ccc3c(c2)OCC3CC(=O)O)c(C#N)c1. The topological polar surface area (TPSA) is 88.8 Å². The van der Waals surface area contributed by atoms with E-state index < -0.39 is 12.1 Å². The number of aliphatic carboxylic acids is 1. The van der Waals surface area contributed by atoms with Crippen molar-refractivity contribution >= 4 is 5.97 Å². The van der Waals surface area contributed by atoms with Crippen LogP contribution in [0.4, 0.5) is 4.39 Å². The number of nitrogens with zero attached hydrogens (tertiary/aromatic N) is 1. The van der Waals surface area contributed by atoms with Gasteiger partial charge in [-0.1, -0.05) is 12.1 Å². The van der Waals surface area contributed by atoms with Gasteiger partial charge in [-0.05, 0) is 55.7 Å². The largest absolute Gasteiger partial charge is 0.492 e. The lowest BCUT2D eigenvalue weighted by Crippen LogP contribution is -2.07. The summed E-state index contributed by atoms with van der Waals surface area (Å²) in [6.07, 6.45) is 0.654. The molecule has 6 nitrogen and oxygen atoms in total. The normalized spacial score (nSPS) is 17.9. The molecule has 1 heterocycles. The lowest BCUT2D eigenvalue weighted by Gasteiger charge is -2.17. The number of carboxylic acids is 1. The van der Waals surface area contributed by atoms with E-state index in [1.54, 1.807) is 30.3 Å². The van der Waals surface area contributed by atoms with Crippen LogP contribution in [0, 0.1) is 24.1 Å². The van der Waals surface area contributed by atoms with Crippen LogP contribution < -0.4 is 14.2 Å². The molecule has 0 fully saturated rings. The Morgan fingerprint density at radius 3 is 2.82 bits per heavy atom. The fourth-order valence-electron chi connectivity index (χ4n) is 4.67. The number of benzene rings is 3. The predicted molar refractivity (Wildman–Crippen MR) is 121 cm³/mol. The van der Waals surface area contributed by atoms with E-state index in [1.807, 2.05) is 19.1 Å². The van der Waals surface area contributed by atoms with Crippen molar-refractivity contribution in [1.82, 2.24) is 0 Å². The number of ether oxygens (including phenoxy) is 3. The van der Waals surface area contributed by atoms with Crippen molar-refractivity contribution in [2.75, 3.05) is 6.61 Å². The number of rotatable bonds is 6. The maximum absolute atomic E-state index is 14.9. The zero-order chi connectivity index (χ0) is 23.8. The molecule has 0 amide bonds.